The van der Waals surface area contributed by atoms with E-state index in [1.165, 1.54) is 12.1 Å². The predicted octanol–water partition coefficient (Wildman–Crippen LogP) is -5.85. The van der Waals surface area contributed by atoms with Crippen molar-refractivity contribution in [3.63, 3.8) is 0 Å². The van der Waals surface area contributed by atoms with Crippen molar-refractivity contribution < 1.29 is 131 Å². The van der Waals surface area contributed by atoms with Gasteiger partial charge in [-0.2, -0.15) is 15.7 Å². The Labute approximate surface area is 188 Å². The SMILES string of the molecule is O=C([O-])c1cc[c-]o1.O=C=O.[K+].[K+].c1ccoc1. The number of hydrogen-bond acceptors (Lipinski definition) is 6. The summed E-state index contributed by atoms with van der Waals surface area (Å²) in [5.74, 6) is -1.50. The van der Waals surface area contributed by atoms with Crippen LogP contribution < -0.4 is 108 Å². The van der Waals surface area contributed by atoms with Crippen LogP contribution in [-0.4, -0.2) is 12.1 Å². The first kappa shape index (κ1) is 23.8. The van der Waals surface area contributed by atoms with Crippen molar-refractivity contribution in [3.05, 3.63) is 48.8 Å². The van der Waals surface area contributed by atoms with Crippen molar-refractivity contribution in [2.45, 2.75) is 0 Å². The Kier molecular flexibility index (Phi) is 23.3. The van der Waals surface area contributed by atoms with Crippen molar-refractivity contribution in [2.75, 3.05) is 0 Å². The van der Waals surface area contributed by atoms with E-state index in [1.807, 2.05) is 12.1 Å². The van der Waals surface area contributed by atoms with Gasteiger partial charge in [0.05, 0.1) is 12.5 Å². The average Bonchev–Trinajstić information content (AvgIpc) is 2.96. The normalized spacial score (nSPS) is 6.67. The Morgan fingerprint density at radius 3 is 1.89 bits per heavy atom. The van der Waals surface area contributed by atoms with Gasteiger partial charge in [-0.15, -0.1) is 6.07 Å². The molecule has 0 N–H and O–H groups in total. The van der Waals surface area contributed by atoms with Gasteiger partial charge in [-0.1, -0.05) is 0 Å². The van der Waals surface area contributed by atoms with Gasteiger partial charge in [-0.05, 0) is 24.2 Å². The van der Waals surface area contributed by atoms with Gasteiger partial charge in [0.25, 0.3) is 0 Å². The molecule has 6 nitrogen and oxygen atoms in total. The number of carbonyl (C=O) groups excluding carboxylic acids is 3. The maximum atomic E-state index is 9.84. The van der Waals surface area contributed by atoms with Gasteiger partial charge in [0.15, 0.2) is 0 Å². The van der Waals surface area contributed by atoms with E-state index in [-0.39, 0.29) is 115 Å². The van der Waals surface area contributed by atoms with Crippen LogP contribution in [0.3, 0.4) is 0 Å². The molecule has 0 aromatic carbocycles. The number of furan rings is 2. The maximum absolute atomic E-state index is 9.84. The fourth-order valence-corrected chi connectivity index (χ4v) is 0.578. The van der Waals surface area contributed by atoms with Gasteiger partial charge in [0, 0.05) is 5.97 Å². The van der Waals surface area contributed by atoms with Crippen molar-refractivity contribution in [1.82, 2.24) is 0 Å². The smallest absolute Gasteiger partial charge is 0.590 e. The summed E-state index contributed by atoms with van der Waals surface area (Å²) in [6.07, 6.45) is 5.72. The van der Waals surface area contributed by atoms with Crippen molar-refractivity contribution in [3.8, 4) is 0 Å². The quantitative estimate of drug-likeness (QED) is 0.384. The number of rotatable bonds is 1. The zero-order chi connectivity index (χ0) is 12.2. The Balaban J connectivity index is -0.000000198. The second-order valence-corrected chi connectivity index (χ2v) is 2.08. The maximum Gasteiger partial charge on any atom is 1.00 e. The number of hydrogen-bond donors (Lipinski definition) is 0. The molecule has 0 spiro atoms. The van der Waals surface area contributed by atoms with Gasteiger partial charge in [-0.3, -0.25) is 0 Å². The van der Waals surface area contributed by atoms with Gasteiger partial charge < -0.3 is 18.7 Å². The first-order valence-electron chi connectivity index (χ1n) is 3.86. The van der Waals surface area contributed by atoms with Gasteiger partial charge in [0.2, 0.25) is 0 Å². The van der Waals surface area contributed by atoms with E-state index in [0.717, 1.165) is 0 Å². The van der Waals surface area contributed by atoms with Crippen LogP contribution in [-0.2, 0) is 9.59 Å². The Bertz CT molecular complexity index is 386. The zero-order valence-corrected chi connectivity index (χ0v) is 16.2. The summed E-state index contributed by atoms with van der Waals surface area (Å²) in [5.41, 5.74) is 0. The van der Waals surface area contributed by atoms with Crippen molar-refractivity contribution >= 4 is 12.1 Å². The van der Waals surface area contributed by atoms with E-state index in [0.29, 0.717) is 0 Å². The van der Waals surface area contributed by atoms with E-state index >= 15 is 0 Å². The molecular weight excluding hydrogens is 294 g/mol. The molecule has 8 heteroatoms. The van der Waals surface area contributed by atoms with E-state index in [4.69, 9.17) is 9.59 Å². The Morgan fingerprint density at radius 2 is 1.72 bits per heavy atom. The second kappa shape index (κ2) is 17.7. The monoisotopic (exact) mass is 300 g/mol. The predicted molar refractivity (Wildman–Crippen MR) is 45.6 cm³/mol. The molecule has 0 aliphatic heterocycles. The fourth-order valence-electron chi connectivity index (χ4n) is 0.578. The molecule has 2 aromatic rings. The molecule has 0 radical (unpaired) electrons. The molecule has 0 saturated carbocycles. The molecule has 2 heterocycles. The molecular formula is C10H6K2O6. The molecule has 0 saturated heterocycles. The largest absolute Gasteiger partial charge is 1.00 e. The molecule has 2 rings (SSSR count). The van der Waals surface area contributed by atoms with Gasteiger partial charge in [-0.25, -0.2) is 0 Å². The molecule has 84 valence electrons. The summed E-state index contributed by atoms with van der Waals surface area (Å²) in [5, 5.41) is 9.84. The first-order valence-corrected chi connectivity index (χ1v) is 3.86. The summed E-state index contributed by atoms with van der Waals surface area (Å²) in [4.78, 5) is 26.1. The van der Waals surface area contributed by atoms with Crippen LogP contribution in [0, 0.1) is 6.26 Å². The summed E-state index contributed by atoms with van der Waals surface area (Å²) >= 11 is 0. The molecule has 0 bridgehead atoms. The summed E-state index contributed by atoms with van der Waals surface area (Å²) in [6.45, 7) is 0. The van der Waals surface area contributed by atoms with Crippen LogP contribution in [0.25, 0.3) is 0 Å². The molecule has 0 aliphatic carbocycles. The summed E-state index contributed by atoms with van der Waals surface area (Å²) in [7, 11) is 0. The van der Waals surface area contributed by atoms with Gasteiger partial charge >= 0.3 is 109 Å². The van der Waals surface area contributed by atoms with Crippen LogP contribution in [0.1, 0.15) is 10.6 Å². The first-order chi connectivity index (χ1) is 7.72. The Morgan fingerprint density at radius 1 is 1.22 bits per heavy atom. The minimum Gasteiger partial charge on any atom is -0.590 e. The number of aromatic carboxylic acids is 1. The van der Waals surface area contributed by atoms with Crippen LogP contribution in [0.4, 0.5) is 0 Å². The summed E-state index contributed by atoms with van der Waals surface area (Å²) in [6, 6.07) is 6.31. The third kappa shape index (κ3) is 14.7. The minimum absolute atomic E-state index is 0. The number of carboxylic acid groups (broad SMARTS) is 1. The second-order valence-electron chi connectivity index (χ2n) is 2.08. The van der Waals surface area contributed by atoms with Crippen LogP contribution in [0.15, 0.2) is 45.6 Å². The third-order valence-corrected chi connectivity index (χ3v) is 1.10. The number of carboxylic acids is 1. The molecule has 0 fully saturated rings. The van der Waals surface area contributed by atoms with E-state index in [9.17, 15) is 9.90 Å². The van der Waals surface area contributed by atoms with Crippen LogP contribution in [0.2, 0.25) is 0 Å². The van der Waals surface area contributed by atoms with E-state index < -0.39 is 5.97 Å². The van der Waals surface area contributed by atoms with Crippen LogP contribution >= 0.6 is 0 Å². The minimum atomic E-state index is -1.31. The topological polar surface area (TPSA) is 101 Å². The standard InChI is InChI=1S/C5H3O3.C4H4O.CO2.2K/c6-5(7)4-2-1-3-8-4;1-2-4-5-3-1;2-1-3;;/h1-2H,(H,6,7);1-4H;;;/q-1;;;2*+1/p-1. The van der Waals surface area contributed by atoms with E-state index in [2.05, 4.69) is 15.1 Å². The van der Waals surface area contributed by atoms with E-state index in [1.54, 1.807) is 12.5 Å². The number of carbonyl (C=O) groups is 1. The van der Waals surface area contributed by atoms with Crippen LogP contribution in [0.5, 0.6) is 0 Å². The molecule has 18 heavy (non-hydrogen) atoms. The van der Waals surface area contributed by atoms with Gasteiger partial charge in [0.1, 0.15) is 0 Å². The molecule has 0 amide bonds. The molecule has 0 unspecified atom stereocenters. The fraction of sp³-hybridized carbons (Fsp3) is 0. The zero-order valence-electron chi connectivity index (χ0n) is 9.91. The summed E-state index contributed by atoms with van der Waals surface area (Å²) < 4.78 is 8.89. The molecule has 0 atom stereocenters. The van der Waals surface area contributed by atoms with Crippen molar-refractivity contribution in [1.29, 1.82) is 0 Å². The Hall–Kier alpha value is 0.683. The molecule has 2 aromatic heterocycles. The average molecular weight is 300 g/mol. The van der Waals surface area contributed by atoms with Crippen molar-refractivity contribution in [2.24, 2.45) is 0 Å². The third-order valence-electron chi connectivity index (χ3n) is 1.10. The molecule has 0 aliphatic rings.